The number of hydrogen-bond donors (Lipinski definition) is 1. The van der Waals surface area contributed by atoms with Gasteiger partial charge in [-0.1, -0.05) is 0 Å². The van der Waals surface area contributed by atoms with Crippen LogP contribution >= 0.6 is 0 Å². The van der Waals surface area contributed by atoms with E-state index in [0.29, 0.717) is 6.54 Å². The average molecular weight is 292 g/mol. The minimum Gasteiger partial charge on any atom is -0.444 e. The number of carbonyl (C=O) groups excluding carboxylic acids is 1. The van der Waals surface area contributed by atoms with Gasteiger partial charge in [-0.3, -0.25) is 4.98 Å². The first-order valence-corrected chi connectivity index (χ1v) is 7.45. The van der Waals surface area contributed by atoms with Crippen molar-refractivity contribution in [2.24, 2.45) is 0 Å². The highest BCUT2D eigenvalue weighted by atomic mass is 16.6. The second kappa shape index (κ2) is 6.74. The summed E-state index contributed by atoms with van der Waals surface area (Å²) >= 11 is 0. The Morgan fingerprint density at radius 2 is 2.24 bits per heavy atom. The number of hydrogen-bond acceptors (Lipinski definition) is 5. The third kappa shape index (κ3) is 4.88. The van der Waals surface area contributed by atoms with E-state index in [0.717, 1.165) is 31.6 Å². The Morgan fingerprint density at radius 3 is 2.90 bits per heavy atom. The lowest BCUT2D eigenvalue weighted by Crippen LogP contribution is -2.48. The van der Waals surface area contributed by atoms with Crippen molar-refractivity contribution in [1.82, 2.24) is 15.3 Å². The van der Waals surface area contributed by atoms with E-state index in [4.69, 9.17) is 4.74 Å². The lowest BCUT2D eigenvalue weighted by atomic mass is 10.0. The highest BCUT2D eigenvalue weighted by Crippen LogP contribution is 2.21. The van der Waals surface area contributed by atoms with Crippen LogP contribution < -0.4 is 10.2 Å². The van der Waals surface area contributed by atoms with Gasteiger partial charge in [0.25, 0.3) is 0 Å². The van der Waals surface area contributed by atoms with Crippen molar-refractivity contribution < 1.29 is 9.53 Å². The minimum absolute atomic E-state index is 0.239. The van der Waals surface area contributed by atoms with Crippen LogP contribution in [0.25, 0.3) is 0 Å². The summed E-state index contributed by atoms with van der Waals surface area (Å²) in [7, 11) is 0. The fourth-order valence-electron chi connectivity index (χ4n) is 2.47. The van der Waals surface area contributed by atoms with Crippen molar-refractivity contribution >= 4 is 11.9 Å². The molecular formula is C15H24N4O2. The molecule has 1 aromatic rings. The largest absolute Gasteiger partial charge is 0.444 e. The summed E-state index contributed by atoms with van der Waals surface area (Å²) in [4.78, 5) is 22.5. The Bertz CT molecular complexity index is 458. The molecule has 1 atom stereocenters. The summed E-state index contributed by atoms with van der Waals surface area (Å²) in [6.07, 6.45) is 8.10. The van der Waals surface area contributed by atoms with Gasteiger partial charge in [-0.05, 0) is 40.0 Å². The molecule has 0 unspecified atom stereocenters. The molecule has 2 heterocycles. The Balaban J connectivity index is 1.92. The van der Waals surface area contributed by atoms with E-state index < -0.39 is 5.60 Å². The zero-order valence-electron chi connectivity index (χ0n) is 13.0. The number of rotatable bonds is 3. The van der Waals surface area contributed by atoms with Crippen molar-refractivity contribution in [3.63, 3.8) is 0 Å². The summed E-state index contributed by atoms with van der Waals surface area (Å²) in [6, 6.07) is 0.239. The van der Waals surface area contributed by atoms with Gasteiger partial charge >= 0.3 is 6.09 Å². The lowest BCUT2D eigenvalue weighted by molar-refractivity contribution is 0.0523. The SMILES string of the molecule is CC(C)(C)OC(=O)NC[C@H]1CCCCN1c1cnccn1. The van der Waals surface area contributed by atoms with E-state index >= 15 is 0 Å². The van der Waals surface area contributed by atoms with Crippen molar-refractivity contribution in [3.05, 3.63) is 18.6 Å². The quantitative estimate of drug-likeness (QED) is 0.926. The van der Waals surface area contributed by atoms with Gasteiger partial charge in [0.1, 0.15) is 11.4 Å². The molecule has 1 aliphatic heterocycles. The number of alkyl carbamates (subject to hydrolysis) is 1. The molecule has 116 valence electrons. The number of aromatic nitrogens is 2. The summed E-state index contributed by atoms with van der Waals surface area (Å²) in [5.41, 5.74) is -0.471. The van der Waals surface area contributed by atoms with Crippen LogP contribution in [0.4, 0.5) is 10.6 Å². The van der Waals surface area contributed by atoms with E-state index in [9.17, 15) is 4.79 Å². The van der Waals surface area contributed by atoms with Gasteiger partial charge in [0, 0.05) is 31.5 Å². The maximum atomic E-state index is 11.8. The highest BCUT2D eigenvalue weighted by Gasteiger charge is 2.25. The van der Waals surface area contributed by atoms with Crippen LogP contribution in [-0.4, -0.2) is 40.8 Å². The predicted octanol–water partition coefficient (Wildman–Crippen LogP) is 2.36. The third-order valence-corrected chi connectivity index (χ3v) is 3.35. The zero-order chi connectivity index (χ0) is 15.3. The molecule has 1 amide bonds. The Labute approximate surface area is 125 Å². The van der Waals surface area contributed by atoms with Gasteiger partial charge in [-0.25, -0.2) is 9.78 Å². The molecule has 1 aromatic heterocycles. The lowest BCUT2D eigenvalue weighted by Gasteiger charge is -2.36. The molecule has 6 nitrogen and oxygen atoms in total. The van der Waals surface area contributed by atoms with Crippen molar-refractivity contribution in [2.75, 3.05) is 18.0 Å². The summed E-state index contributed by atoms with van der Waals surface area (Å²) < 4.78 is 5.27. The molecule has 1 aliphatic rings. The maximum Gasteiger partial charge on any atom is 0.407 e. The average Bonchev–Trinajstić information content (AvgIpc) is 2.45. The van der Waals surface area contributed by atoms with Gasteiger partial charge < -0.3 is 15.0 Å². The minimum atomic E-state index is -0.471. The highest BCUT2D eigenvalue weighted by molar-refractivity contribution is 5.67. The zero-order valence-corrected chi connectivity index (χ0v) is 13.0. The molecular weight excluding hydrogens is 268 g/mol. The number of amides is 1. The van der Waals surface area contributed by atoms with Crippen LogP contribution in [0.15, 0.2) is 18.6 Å². The molecule has 0 aliphatic carbocycles. The molecule has 21 heavy (non-hydrogen) atoms. The first-order valence-electron chi connectivity index (χ1n) is 7.45. The van der Waals surface area contributed by atoms with Gasteiger partial charge in [-0.2, -0.15) is 0 Å². The standard InChI is InChI=1S/C15H24N4O2/c1-15(2,3)21-14(20)18-10-12-6-4-5-9-19(12)13-11-16-7-8-17-13/h7-8,11-12H,4-6,9-10H2,1-3H3,(H,18,20)/t12-/m1/s1. The Morgan fingerprint density at radius 1 is 1.43 bits per heavy atom. The summed E-state index contributed by atoms with van der Waals surface area (Å²) in [5, 5.41) is 2.86. The first kappa shape index (κ1) is 15.5. The van der Waals surface area contributed by atoms with Crippen LogP contribution in [-0.2, 0) is 4.74 Å². The van der Waals surface area contributed by atoms with Crippen molar-refractivity contribution in [1.29, 1.82) is 0 Å². The molecule has 1 fully saturated rings. The molecule has 0 spiro atoms. The van der Waals surface area contributed by atoms with Crippen molar-refractivity contribution in [3.8, 4) is 0 Å². The van der Waals surface area contributed by atoms with Crippen LogP contribution in [0, 0.1) is 0 Å². The fourth-order valence-corrected chi connectivity index (χ4v) is 2.47. The van der Waals surface area contributed by atoms with Crippen molar-refractivity contribution in [2.45, 2.75) is 51.7 Å². The summed E-state index contributed by atoms with van der Waals surface area (Å²) in [6.45, 7) is 7.09. The maximum absolute atomic E-state index is 11.8. The second-order valence-electron chi connectivity index (χ2n) is 6.29. The second-order valence-corrected chi connectivity index (χ2v) is 6.29. The monoisotopic (exact) mass is 292 g/mol. The first-order chi connectivity index (χ1) is 9.96. The number of nitrogens with one attached hydrogen (secondary N) is 1. The molecule has 6 heteroatoms. The van der Waals surface area contributed by atoms with Gasteiger partial charge in [0.05, 0.1) is 6.20 Å². The number of nitrogens with zero attached hydrogens (tertiary/aromatic N) is 3. The van der Waals surface area contributed by atoms with E-state index in [2.05, 4.69) is 20.2 Å². The van der Waals surface area contributed by atoms with Crippen LogP contribution in [0.3, 0.4) is 0 Å². The number of piperidine rings is 1. The van der Waals surface area contributed by atoms with E-state index in [1.807, 2.05) is 20.8 Å². The summed E-state index contributed by atoms with van der Waals surface area (Å²) in [5.74, 6) is 0.869. The van der Waals surface area contributed by atoms with Crippen LogP contribution in [0.2, 0.25) is 0 Å². The van der Waals surface area contributed by atoms with Gasteiger partial charge in [-0.15, -0.1) is 0 Å². The molecule has 1 saturated heterocycles. The number of carbonyl (C=O) groups is 1. The number of anilines is 1. The molecule has 2 rings (SSSR count). The van der Waals surface area contributed by atoms with E-state index in [1.54, 1.807) is 18.6 Å². The third-order valence-electron chi connectivity index (χ3n) is 3.35. The molecule has 0 radical (unpaired) electrons. The topological polar surface area (TPSA) is 67.3 Å². The Kier molecular flexibility index (Phi) is 4.98. The smallest absolute Gasteiger partial charge is 0.407 e. The van der Waals surface area contributed by atoms with E-state index in [1.165, 1.54) is 0 Å². The van der Waals surface area contributed by atoms with Gasteiger partial charge in [0.15, 0.2) is 0 Å². The van der Waals surface area contributed by atoms with Crippen LogP contribution in [0.1, 0.15) is 40.0 Å². The molecule has 0 bridgehead atoms. The molecule has 1 N–H and O–H groups in total. The Hall–Kier alpha value is -1.85. The molecule has 0 aromatic carbocycles. The molecule has 0 saturated carbocycles. The predicted molar refractivity (Wildman–Crippen MR) is 81.3 cm³/mol. The normalized spacial score (nSPS) is 19.2. The van der Waals surface area contributed by atoms with Crippen LogP contribution in [0.5, 0.6) is 0 Å². The number of ether oxygens (including phenoxy) is 1. The fraction of sp³-hybridized carbons (Fsp3) is 0.667. The van der Waals surface area contributed by atoms with Gasteiger partial charge in [0.2, 0.25) is 0 Å². The van der Waals surface area contributed by atoms with E-state index in [-0.39, 0.29) is 12.1 Å².